The van der Waals surface area contributed by atoms with Gasteiger partial charge in [0.15, 0.2) is 5.56 Å². The van der Waals surface area contributed by atoms with Crippen molar-refractivity contribution in [1.82, 2.24) is 14.9 Å². The highest BCUT2D eigenvalue weighted by molar-refractivity contribution is 5.95. The highest BCUT2D eigenvalue weighted by Crippen LogP contribution is 2.18. The topological polar surface area (TPSA) is 104 Å². The minimum absolute atomic E-state index is 0.363. The SMILES string of the molecule is CNC(=O)c1c(O)n(-c2ccc(C)c(C)c2)c(=O)[nH]c1=O. The molecule has 0 aliphatic rings. The molecule has 0 bridgehead atoms. The monoisotopic (exact) mass is 289 g/mol. The first-order valence-corrected chi connectivity index (χ1v) is 6.24. The average Bonchev–Trinajstić information content (AvgIpc) is 2.41. The minimum Gasteiger partial charge on any atom is -0.493 e. The van der Waals surface area contributed by atoms with Gasteiger partial charge in [-0.05, 0) is 37.1 Å². The maximum atomic E-state index is 11.9. The average molecular weight is 289 g/mol. The second-order valence-electron chi connectivity index (χ2n) is 4.64. The van der Waals surface area contributed by atoms with E-state index in [4.69, 9.17) is 0 Å². The molecule has 0 atom stereocenters. The molecule has 0 spiro atoms. The van der Waals surface area contributed by atoms with Crippen LogP contribution >= 0.6 is 0 Å². The molecule has 0 fully saturated rings. The number of aromatic amines is 1. The van der Waals surface area contributed by atoms with Crippen LogP contribution in [0.2, 0.25) is 0 Å². The number of hydrogen-bond donors (Lipinski definition) is 3. The van der Waals surface area contributed by atoms with Crippen LogP contribution in [0.3, 0.4) is 0 Å². The number of aromatic hydroxyl groups is 1. The number of rotatable bonds is 2. The summed E-state index contributed by atoms with van der Waals surface area (Å²) in [6, 6.07) is 5.08. The van der Waals surface area contributed by atoms with Crippen LogP contribution in [0, 0.1) is 13.8 Å². The normalized spacial score (nSPS) is 10.4. The van der Waals surface area contributed by atoms with E-state index in [1.54, 1.807) is 18.2 Å². The van der Waals surface area contributed by atoms with Gasteiger partial charge in [0.2, 0.25) is 5.88 Å². The number of aromatic nitrogens is 2. The Morgan fingerprint density at radius 1 is 1.24 bits per heavy atom. The molecule has 2 aromatic rings. The lowest BCUT2D eigenvalue weighted by Gasteiger charge is -2.12. The summed E-state index contributed by atoms with van der Waals surface area (Å²) in [6.45, 7) is 3.76. The van der Waals surface area contributed by atoms with Gasteiger partial charge in [0, 0.05) is 7.05 Å². The number of hydrogen-bond acceptors (Lipinski definition) is 4. The van der Waals surface area contributed by atoms with E-state index < -0.39 is 28.6 Å². The minimum atomic E-state index is -0.933. The molecule has 1 heterocycles. The van der Waals surface area contributed by atoms with Crippen molar-refractivity contribution in [3.05, 3.63) is 55.7 Å². The molecule has 1 amide bonds. The molecule has 7 heteroatoms. The van der Waals surface area contributed by atoms with Crippen molar-refractivity contribution in [3.63, 3.8) is 0 Å². The Morgan fingerprint density at radius 2 is 1.90 bits per heavy atom. The fraction of sp³-hybridized carbons (Fsp3) is 0.214. The Bertz CT molecular complexity index is 833. The molecule has 1 aromatic heterocycles. The van der Waals surface area contributed by atoms with Gasteiger partial charge >= 0.3 is 5.69 Å². The predicted molar refractivity (Wildman–Crippen MR) is 77.2 cm³/mol. The number of nitrogens with zero attached hydrogens (tertiary/aromatic N) is 1. The Kier molecular flexibility index (Phi) is 3.66. The first-order chi connectivity index (χ1) is 9.86. The number of nitrogens with one attached hydrogen (secondary N) is 2. The lowest BCUT2D eigenvalue weighted by molar-refractivity contribution is 0.0957. The van der Waals surface area contributed by atoms with Gasteiger partial charge in [-0.15, -0.1) is 0 Å². The van der Waals surface area contributed by atoms with E-state index >= 15 is 0 Å². The second-order valence-corrected chi connectivity index (χ2v) is 4.64. The maximum absolute atomic E-state index is 11.9. The summed E-state index contributed by atoms with van der Waals surface area (Å²) in [7, 11) is 1.33. The number of H-pyrrole nitrogens is 1. The largest absolute Gasteiger partial charge is 0.493 e. The van der Waals surface area contributed by atoms with Gasteiger partial charge in [0.05, 0.1) is 5.69 Å². The van der Waals surface area contributed by atoms with Gasteiger partial charge in [-0.3, -0.25) is 14.6 Å². The summed E-state index contributed by atoms with van der Waals surface area (Å²) in [4.78, 5) is 37.3. The zero-order valence-electron chi connectivity index (χ0n) is 11.9. The Labute approximate surface area is 119 Å². The third kappa shape index (κ3) is 2.45. The predicted octanol–water partition coefficient (Wildman–Crippen LogP) is 0.208. The summed E-state index contributed by atoms with van der Waals surface area (Å²) >= 11 is 0. The second kappa shape index (κ2) is 5.28. The van der Waals surface area contributed by atoms with Crippen LogP contribution in [0.5, 0.6) is 5.88 Å². The van der Waals surface area contributed by atoms with Crippen LogP contribution in [0.15, 0.2) is 27.8 Å². The van der Waals surface area contributed by atoms with Crippen molar-refractivity contribution in [2.24, 2.45) is 0 Å². The zero-order valence-corrected chi connectivity index (χ0v) is 11.9. The van der Waals surface area contributed by atoms with Crippen LogP contribution < -0.4 is 16.6 Å². The van der Waals surface area contributed by atoms with Crippen molar-refractivity contribution in [2.75, 3.05) is 7.05 Å². The van der Waals surface area contributed by atoms with E-state index in [1.165, 1.54) is 7.05 Å². The van der Waals surface area contributed by atoms with E-state index in [-0.39, 0.29) is 0 Å². The van der Waals surface area contributed by atoms with Crippen LogP contribution in [0.4, 0.5) is 0 Å². The van der Waals surface area contributed by atoms with Crippen LogP contribution in [0.1, 0.15) is 21.5 Å². The molecule has 3 N–H and O–H groups in total. The number of amides is 1. The highest BCUT2D eigenvalue weighted by Gasteiger charge is 2.20. The van der Waals surface area contributed by atoms with Crippen molar-refractivity contribution in [3.8, 4) is 11.6 Å². The zero-order chi connectivity index (χ0) is 15.7. The van der Waals surface area contributed by atoms with Gasteiger partial charge < -0.3 is 10.4 Å². The fourth-order valence-corrected chi connectivity index (χ4v) is 1.96. The summed E-state index contributed by atoms with van der Waals surface area (Å²) in [5.41, 5.74) is 0.0383. The lowest BCUT2D eigenvalue weighted by Crippen LogP contribution is -2.35. The molecule has 0 aliphatic carbocycles. The lowest BCUT2D eigenvalue weighted by atomic mass is 10.1. The molecular formula is C14H15N3O4. The third-order valence-electron chi connectivity index (χ3n) is 3.29. The summed E-state index contributed by atoms with van der Waals surface area (Å²) in [6.07, 6.45) is 0. The van der Waals surface area contributed by atoms with Crippen LogP contribution in [0.25, 0.3) is 5.69 Å². The van der Waals surface area contributed by atoms with Gasteiger partial charge in [-0.2, -0.15) is 0 Å². The number of carbonyl (C=O) groups is 1. The maximum Gasteiger partial charge on any atom is 0.335 e. The van der Waals surface area contributed by atoms with Crippen molar-refractivity contribution < 1.29 is 9.90 Å². The van der Waals surface area contributed by atoms with Crippen molar-refractivity contribution >= 4 is 5.91 Å². The summed E-state index contributed by atoms with van der Waals surface area (Å²) < 4.78 is 0.887. The van der Waals surface area contributed by atoms with Crippen molar-refractivity contribution in [1.29, 1.82) is 0 Å². The number of aryl methyl sites for hydroxylation is 2. The van der Waals surface area contributed by atoms with Crippen LogP contribution in [-0.4, -0.2) is 27.6 Å². The molecule has 21 heavy (non-hydrogen) atoms. The summed E-state index contributed by atoms with van der Waals surface area (Å²) in [5, 5.41) is 12.4. The highest BCUT2D eigenvalue weighted by atomic mass is 16.3. The Balaban J connectivity index is 2.80. The van der Waals surface area contributed by atoms with Gasteiger partial charge in [0.1, 0.15) is 0 Å². The first kappa shape index (κ1) is 14.6. The van der Waals surface area contributed by atoms with E-state index in [1.807, 2.05) is 18.8 Å². The number of carbonyl (C=O) groups excluding carboxylic acids is 1. The molecule has 1 aromatic carbocycles. The molecule has 2 rings (SSSR count). The fourth-order valence-electron chi connectivity index (χ4n) is 1.96. The Hall–Kier alpha value is -2.83. The van der Waals surface area contributed by atoms with E-state index in [0.717, 1.165) is 15.7 Å². The molecule has 7 nitrogen and oxygen atoms in total. The van der Waals surface area contributed by atoms with E-state index in [2.05, 4.69) is 5.32 Å². The smallest absolute Gasteiger partial charge is 0.335 e. The van der Waals surface area contributed by atoms with E-state index in [0.29, 0.717) is 5.69 Å². The van der Waals surface area contributed by atoms with E-state index in [9.17, 15) is 19.5 Å². The van der Waals surface area contributed by atoms with Gasteiger partial charge in [-0.25, -0.2) is 9.36 Å². The van der Waals surface area contributed by atoms with Gasteiger partial charge in [-0.1, -0.05) is 6.07 Å². The molecule has 110 valence electrons. The molecular weight excluding hydrogens is 274 g/mol. The molecule has 0 unspecified atom stereocenters. The standard InChI is InChI=1S/C14H15N3O4/c1-7-4-5-9(6-8(7)2)17-13(20)10(11(18)15-3)12(19)16-14(17)21/h4-6,20H,1-3H3,(H,15,18)(H,16,19,21). The van der Waals surface area contributed by atoms with Gasteiger partial charge in [0.25, 0.3) is 11.5 Å². The first-order valence-electron chi connectivity index (χ1n) is 6.24. The number of benzene rings is 1. The summed E-state index contributed by atoms with van der Waals surface area (Å²) in [5.74, 6) is -1.46. The quantitative estimate of drug-likeness (QED) is 0.735. The van der Waals surface area contributed by atoms with Crippen molar-refractivity contribution in [2.45, 2.75) is 13.8 Å². The van der Waals surface area contributed by atoms with Crippen LogP contribution in [-0.2, 0) is 0 Å². The Morgan fingerprint density at radius 3 is 2.48 bits per heavy atom. The third-order valence-corrected chi connectivity index (χ3v) is 3.29. The molecule has 0 radical (unpaired) electrons. The molecule has 0 saturated carbocycles. The molecule has 0 saturated heterocycles. The molecule has 0 aliphatic heterocycles.